The fourth-order valence-corrected chi connectivity index (χ4v) is 4.75. The Labute approximate surface area is 167 Å². The molecule has 5 nitrogen and oxygen atoms in total. The number of ketones is 1. The summed E-state index contributed by atoms with van der Waals surface area (Å²) in [5, 5.41) is 0. The molecule has 0 spiro atoms. The Bertz CT molecular complexity index is 858. The zero-order valence-electron chi connectivity index (χ0n) is 16.1. The van der Waals surface area contributed by atoms with Gasteiger partial charge in [-0.05, 0) is 54.5 Å². The first-order chi connectivity index (χ1) is 13.5. The van der Waals surface area contributed by atoms with E-state index in [-0.39, 0.29) is 10.7 Å². The summed E-state index contributed by atoms with van der Waals surface area (Å²) in [6.45, 7) is 0.511. The topological polar surface area (TPSA) is 76.1 Å². The van der Waals surface area contributed by atoms with Crippen LogP contribution in [0.1, 0.15) is 49.7 Å². The summed E-state index contributed by atoms with van der Waals surface area (Å²) >= 11 is 0. The van der Waals surface area contributed by atoms with Crippen LogP contribution in [0.5, 0.6) is 0 Å². The van der Waals surface area contributed by atoms with Gasteiger partial charge in [-0.3, -0.25) is 9.78 Å². The van der Waals surface area contributed by atoms with Crippen molar-refractivity contribution in [1.82, 2.24) is 9.71 Å². The predicted octanol–water partition coefficient (Wildman–Crippen LogP) is 3.68. The number of rotatable bonds is 9. The van der Waals surface area contributed by atoms with Gasteiger partial charge in [0.05, 0.1) is 4.90 Å². The third kappa shape index (κ3) is 6.24. The van der Waals surface area contributed by atoms with Crippen molar-refractivity contribution in [3.63, 3.8) is 0 Å². The van der Waals surface area contributed by atoms with Gasteiger partial charge in [0.15, 0.2) is 0 Å². The van der Waals surface area contributed by atoms with Crippen molar-refractivity contribution in [3.8, 4) is 0 Å². The van der Waals surface area contributed by atoms with Crippen LogP contribution in [0.2, 0.25) is 0 Å². The van der Waals surface area contributed by atoms with Gasteiger partial charge < -0.3 is 0 Å². The normalized spacial score (nSPS) is 15.4. The molecule has 1 aliphatic carbocycles. The average molecular weight is 401 g/mol. The molecule has 1 aliphatic rings. The lowest BCUT2D eigenvalue weighted by molar-refractivity contribution is -0.118. The highest BCUT2D eigenvalue weighted by Gasteiger charge is 2.19. The lowest BCUT2D eigenvalue weighted by Crippen LogP contribution is -2.30. The lowest BCUT2D eigenvalue weighted by Gasteiger charge is -2.21. The van der Waals surface area contributed by atoms with Crippen LogP contribution in [0.15, 0.2) is 53.7 Å². The Morgan fingerprint density at radius 1 is 1.04 bits per heavy atom. The van der Waals surface area contributed by atoms with Crippen molar-refractivity contribution >= 4 is 15.8 Å². The number of aromatic nitrogens is 1. The monoisotopic (exact) mass is 400 g/mol. The highest BCUT2D eigenvalue weighted by atomic mass is 32.2. The second-order valence-electron chi connectivity index (χ2n) is 7.58. The number of benzene rings is 1. The molecule has 2 aromatic rings. The van der Waals surface area contributed by atoms with E-state index < -0.39 is 10.0 Å². The maximum absolute atomic E-state index is 12.5. The maximum atomic E-state index is 12.5. The van der Waals surface area contributed by atoms with Crippen LogP contribution < -0.4 is 4.72 Å². The van der Waals surface area contributed by atoms with E-state index in [1.807, 2.05) is 12.1 Å². The molecule has 0 radical (unpaired) electrons. The second kappa shape index (κ2) is 9.94. The zero-order valence-corrected chi connectivity index (χ0v) is 17.0. The summed E-state index contributed by atoms with van der Waals surface area (Å²) in [4.78, 5) is 16.5. The number of carbonyl (C=O) groups is 1. The quantitative estimate of drug-likeness (QED) is 0.697. The van der Waals surface area contributed by atoms with Crippen molar-refractivity contribution in [2.75, 3.05) is 6.54 Å². The minimum absolute atomic E-state index is 0.134. The molecule has 0 bridgehead atoms. The average Bonchev–Trinajstić information content (AvgIpc) is 2.73. The smallest absolute Gasteiger partial charge is 0.240 e. The van der Waals surface area contributed by atoms with Gasteiger partial charge in [0, 0.05) is 31.8 Å². The summed E-state index contributed by atoms with van der Waals surface area (Å²) in [5.41, 5.74) is 1.88. The molecular weight excluding hydrogens is 372 g/mol. The van der Waals surface area contributed by atoms with Gasteiger partial charge in [0.1, 0.15) is 5.78 Å². The number of aryl methyl sites for hydroxylation is 1. The summed E-state index contributed by atoms with van der Waals surface area (Å²) < 4.78 is 27.7. The highest BCUT2D eigenvalue weighted by molar-refractivity contribution is 7.89. The fourth-order valence-electron chi connectivity index (χ4n) is 3.63. The number of nitrogens with zero attached hydrogens (tertiary/aromatic N) is 1. The van der Waals surface area contributed by atoms with Crippen LogP contribution >= 0.6 is 0 Å². The van der Waals surface area contributed by atoms with Gasteiger partial charge in [-0.15, -0.1) is 0 Å². The molecule has 0 unspecified atom stereocenters. The van der Waals surface area contributed by atoms with E-state index >= 15 is 0 Å². The van der Waals surface area contributed by atoms with Crippen LogP contribution in [0.4, 0.5) is 0 Å². The molecule has 0 aliphatic heterocycles. The summed E-state index contributed by atoms with van der Waals surface area (Å²) in [6, 6.07) is 10.5. The van der Waals surface area contributed by atoms with Crippen molar-refractivity contribution in [3.05, 3.63) is 59.9 Å². The molecule has 1 aromatic heterocycles. The van der Waals surface area contributed by atoms with Crippen LogP contribution in [0, 0.1) is 5.92 Å². The summed E-state index contributed by atoms with van der Waals surface area (Å²) in [7, 11) is -3.49. The second-order valence-corrected chi connectivity index (χ2v) is 9.34. The van der Waals surface area contributed by atoms with E-state index in [1.165, 1.54) is 19.3 Å². The van der Waals surface area contributed by atoms with Gasteiger partial charge >= 0.3 is 0 Å². The van der Waals surface area contributed by atoms with Crippen LogP contribution in [-0.2, 0) is 27.7 Å². The van der Waals surface area contributed by atoms with E-state index in [0.717, 1.165) is 24.0 Å². The van der Waals surface area contributed by atoms with Gasteiger partial charge in [-0.25, -0.2) is 13.1 Å². The molecule has 1 aromatic carbocycles. The molecular formula is C22H28N2O3S. The van der Waals surface area contributed by atoms with Crippen LogP contribution in [0.25, 0.3) is 0 Å². The third-order valence-electron chi connectivity index (χ3n) is 5.34. The number of nitrogens with one attached hydrogen (secondary N) is 1. The zero-order chi connectivity index (χ0) is 19.8. The van der Waals surface area contributed by atoms with Gasteiger partial charge in [0.2, 0.25) is 10.0 Å². The van der Waals surface area contributed by atoms with E-state index in [1.54, 1.807) is 36.7 Å². The molecule has 3 rings (SSSR count). The molecule has 1 saturated carbocycles. The molecule has 1 N–H and O–H groups in total. The van der Waals surface area contributed by atoms with Crippen molar-refractivity contribution in [1.29, 1.82) is 0 Å². The first kappa shape index (κ1) is 20.7. The molecule has 0 amide bonds. The van der Waals surface area contributed by atoms with Crippen molar-refractivity contribution in [2.24, 2.45) is 5.92 Å². The number of hydrogen-bond donors (Lipinski definition) is 1. The molecule has 28 heavy (non-hydrogen) atoms. The standard InChI is InChI=1S/C22H28N2O3S/c25-21(11-8-20-7-4-14-23-16-20)15-18-9-12-22(13-10-18)28(26,27)24-17-19-5-2-1-3-6-19/h4,7,9-10,12-14,16,19,24H,1-3,5-6,8,11,15,17H2. The Balaban J connectivity index is 1.49. The Morgan fingerprint density at radius 2 is 1.79 bits per heavy atom. The van der Waals surface area contributed by atoms with E-state index in [9.17, 15) is 13.2 Å². The highest BCUT2D eigenvalue weighted by Crippen LogP contribution is 2.23. The molecule has 0 saturated heterocycles. The number of hydrogen-bond acceptors (Lipinski definition) is 4. The van der Waals surface area contributed by atoms with Crippen molar-refractivity contribution in [2.45, 2.75) is 56.3 Å². The van der Waals surface area contributed by atoms with Crippen molar-refractivity contribution < 1.29 is 13.2 Å². The predicted molar refractivity (Wildman–Crippen MR) is 109 cm³/mol. The van der Waals surface area contributed by atoms with Crippen LogP contribution in [-0.4, -0.2) is 25.7 Å². The number of carbonyl (C=O) groups excluding carboxylic acids is 1. The van der Waals surface area contributed by atoms with Gasteiger partial charge in [0.25, 0.3) is 0 Å². The van der Waals surface area contributed by atoms with E-state index in [4.69, 9.17) is 0 Å². The number of Topliss-reactive ketones (excluding diaryl/α,β-unsaturated/α-hetero) is 1. The summed E-state index contributed by atoms with van der Waals surface area (Å²) in [6.07, 6.45) is 10.8. The molecule has 150 valence electrons. The Hall–Kier alpha value is -2.05. The fraction of sp³-hybridized carbons (Fsp3) is 0.455. The van der Waals surface area contributed by atoms with E-state index in [2.05, 4.69) is 9.71 Å². The lowest BCUT2D eigenvalue weighted by atomic mass is 9.90. The number of sulfonamides is 1. The van der Waals surface area contributed by atoms with Gasteiger partial charge in [-0.1, -0.05) is 37.5 Å². The van der Waals surface area contributed by atoms with Crippen LogP contribution in [0.3, 0.4) is 0 Å². The van der Waals surface area contributed by atoms with Gasteiger partial charge in [-0.2, -0.15) is 0 Å². The largest absolute Gasteiger partial charge is 0.299 e. The minimum atomic E-state index is -3.49. The molecule has 1 heterocycles. The molecule has 0 atom stereocenters. The third-order valence-corrected chi connectivity index (χ3v) is 6.78. The molecule has 6 heteroatoms. The Morgan fingerprint density at radius 3 is 2.46 bits per heavy atom. The Kier molecular flexibility index (Phi) is 7.34. The number of pyridine rings is 1. The van der Waals surface area contributed by atoms with E-state index in [0.29, 0.717) is 31.7 Å². The first-order valence-electron chi connectivity index (χ1n) is 10.0. The maximum Gasteiger partial charge on any atom is 0.240 e. The minimum Gasteiger partial charge on any atom is -0.299 e. The first-order valence-corrected chi connectivity index (χ1v) is 11.5. The summed E-state index contributed by atoms with van der Waals surface area (Å²) in [5.74, 6) is 0.579. The SMILES string of the molecule is O=C(CCc1cccnc1)Cc1ccc(S(=O)(=O)NCC2CCCCC2)cc1. The molecule has 1 fully saturated rings.